The molecule has 0 amide bonds. The molecule has 3 N–H and O–H groups in total. The highest BCUT2D eigenvalue weighted by Crippen LogP contribution is 2.29. The van der Waals surface area contributed by atoms with Crippen molar-refractivity contribution < 1.29 is 20.1 Å². The van der Waals surface area contributed by atoms with E-state index in [4.69, 9.17) is 5.11 Å². The lowest BCUT2D eigenvalue weighted by molar-refractivity contribution is -0.0201. The lowest BCUT2D eigenvalue weighted by Gasteiger charge is -2.44. The van der Waals surface area contributed by atoms with Gasteiger partial charge in [-0.15, -0.1) is 0 Å². The molecule has 5 heteroatoms. The molecule has 0 aliphatic rings. The maximum atomic E-state index is 10.8. The van der Waals surface area contributed by atoms with Gasteiger partial charge in [0, 0.05) is 5.69 Å². The van der Waals surface area contributed by atoms with E-state index < -0.39 is 17.4 Å². The molecule has 5 nitrogen and oxygen atoms in total. The Morgan fingerprint density at radius 2 is 1.39 bits per heavy atom. The first-order chi connectivity index (χ1) is 8.03. The van der Waals surface area contributed by atoms with Crippen molar-refractivity contribution in [3.8, 4) is 0 Å². The Kier molecular flexibility index (Phi) is 3.69. The molecule has 0 spiro atoms. The van der Waals surface area contributed by atoms with Crippen LogP contribution < -0.4 is 4.90 Å². The Balaban J connectivity index is 3.20. The van der Waals surface area contributed by atoms with E-state index in [0.717, 1.165) is 0 Å². The summed E-state index contributed by atoms with van der Waals surface area (Å²) in [5.74, 6) is -1.01. The molecule has 0 bridgehead atoms. The molecule has 0 aliphatic heterocycles. The van der Waals surface area contributed by atoms with Crippen molar-refractivity contribution in [2.75, 3.05) is 4.90 Å². The average Bonchev–Trinajstić information content (AvgIpc) is 2.13. The minimum Gasteiger partial charge on any atom is -0.478 e. The molecule has 0 aromatic heterocycles. The van der Waals surface area contributed by atoms with E-state index in [9.17, 15) is 15.0 Å². The first kappa shape index (κ1) is 14.5. The van der Waals surface area contributed by atoms with Gasteiger partial charge in [0.1, 0.15) is 11.4 Å². The van der Waals surface area contributed by atoms with Crippen LogP contribution in [0.3, 0.4) is 0 Å². The Bertz CT molecular complexity index is 412. The Labute approximate surface area is 106 Å². The number of carbonyl (C=O) groups is 1. The van der Waals surface area contributed by atoms with Gasteiger partial charge in [0.05, 0.1) is 5.56 Å². The van der Waals surface area contributed by atoms with Gasteiger partial charge in [0.2, 0.25) is 0 Å². The first-order valence-electron chi connectivity index (χ1n) is 5.62. The third-order valence-corrected chi connectivity index (χ3v) is 2.47. The molecule has 0 atom stereocenters. The first-order valence-corrected chi connectivity index (χ1v) is 5.62. The second-order valence-corrected chi connectivity index (χ2v) is 5.18. The summed E-state index contributed by atoms with van der Waals surface area (Å²) in [6, 6.07) is 5.98. The van der Waals surface area contributed by atoms with Crippen LogP contribution in [0.2, 0.25) is 0 Å². The number of nitrogens with zero attached hydrogens (tertiary/aromatic N) is 1. The number of benzene rings is 1. The van der Waals surface area contributed by atoms with Crippen LogP contribution in [0.1, 0.15) is 38.1 Å². The number of rotatable bonds is 4. The molecular weight excluding hydrogens is 234 g/mol. The van der Waals surface area contributed by atoms with E-state index >= 15 is 0 Å². The third kappa shape index (κ3) is 3.21. The lowest BCUT2D eigenvalue weighted by Crippen LogP contribution is -2.56. The monoisotopic (exact) mass is 253 g/mol. The van der Waals surface area contributed by atoms with Crippen LogP contribution in [0, 0.1) is 0 Å². The molecule has 100 valence electrons. The number of carboxylic acids is 1. The number of aromatic carboxylic acids is 1. The van der Waals surface area contributed by atoms with Gasteiger partial charge in [-0.25, -0.2) is 4.79 Å². The van der Waals surface area contributed by atoms with Crippen LogP contribution >= 0.6 is 0 Å². The van der Waals surface area contributed by atoms with E-state index in [1.807, 2.05) is 0 Å². The van der Waals surface area contributed by atoms with Crippen molar-refractivity contribution in [1.29, 1.82) is 0 Å². The lowest BCUT2D eigenvalue weighted by atomic mass is 10.1. The van der Waals surface area contributed by atoms with Crippen molar-refractivity contribution in [3.63, 3.8) is 0 Å². The molecule has 0 saturated heterocycles. The summed E-state index contributed by atoms with van der Waals surface area (Å²) in [5, 5.41) is 29.0. The Morgan fingerprint density at radius 1 is 1.00 bits per heavy atom. The summed E-state index contributed by atoms with van der Waals surface area (Å²) < 4.78 is 0. The largest absolute Gasteiger partial charge is 0.478 e. The zero-order valence-corrected chi connectivity index (χ0v) is 11.0. The summed E-state index contributed by atoms with van der Waals surface area (Å²) in [4.78, 5) is 12.2. The predicted molar refractivity (Wildman–Crippen MR) is 68.5 cm³/mol. The number of aliphatic hydroxyl groups is 2. The van der Waals surface area contributed by atoms with Gasteiger partial charge in [-0.1, -0.05) is 0 Å². The van der Waals surface area contributed by atoms with E-state index in [1.165, 1.54) is 17.0 Å². The zero-order valence-electron chi connectivity index (χ0n) is 11.0. The van der Waals surface area contributed by atoms with Crippen molar-refractivity contribution in [1.82, 2.24) is 0 Å². The molecule has 18 heavy (non-hydrogen) atoms. The third-order valence-electron chi connectivity index (χ3n) is 2.47. The topological polar surface area (TPSA) is 81.0 Å². The van der Waals surface area contributed by atoms with Gasteiger partial charge in [0.25, 0.3) is 0 Å². The van der Waals surface area contributed by atoms with E-state index in [-0.39, 0.29) is 5.56 Å². The van der Waals surface area contributed by atoms with Crippen LogP contribution in [0.25, 0.3) is 0 Å². The number of hydrogen-bond donors (Lipinski definition) is 3. The van der Waals surface area contributed by atoms with Crippen molar-refractivity contribution in [2.24, 2.45) is 0 Å². The highest BCUT2D eigenvalue weighted by Gasteiger charge is 2.34. The summed E-state index contributed by atoms with van der Waals surface area (Å²) in [5.41, 5.74) is -1.85. The molecule has 0 heterocycles. The minimum absolute atomic E-state index is 0.158. The maximum absolute atomic E-state index is 10.8. The quantitative estimate of drug-likeness (QED) is 0.711. The zero-order chi connectivity index (χ0) is 14.1. The fourth-order valence-electron chi connectivity index (χ4n) is 2.05. The van der Waals surface area contributed by atoms with E-state index in [0.29, 0.717) is 5.69 Å². The fourth-order valence-corrected chi connectivity index (χ4v) is 2.05. The number of hydrogen-bond acceptors (Lipinski definition) is 4. The van der Waals surface area contributed by atoms with Crippen molar-refractivity contribution in [3.05, 3.63) is 29.8 Å². The van der Waals surface area contributed by atoms with Crippen molar-refractivity contribution in [2.45, 2.75) is 39.1 Å². The molecule has 0 saturated carbocycles. The molecule has 0 aliphatic carbocycles. The van der Waals surface area contributed by atoms with Crippen LogP contribution in [0.15, 0.2) is 24.3 Å². The second kappa shape index (κ2) is 4.59. The SMILES string of the molecule is CC(C)(O)N(c1ccc(C(=O)O)cc1)C(C)(C)O. The van der Waals surface area contributed by atoms with Crippen LogP contribution in [0.5, 0.6) is 0 Å². The summed E-state index contributed by atoms with van der Waals surface area (Å²) in [6.07, 6.45) is 0. The molecule has 0 unspecified atom stereocenters. The van der Waals surface area contributed by atoms with Gasteiger partial charge in [0.15, 0.2) is 0 Å². The Hall–Kier alpha value is -1.59. The number of anilines is 1. The van der Waals surface area contributed by atoms with Crippen molar-refractivity contribution >= 4 is 11.7 Å². The van der Waals surface area contributed by atoms with Crippen LogP contribution in [-0.2, 0) is 0 Å². The standard InChI is InChI=1S/C13H19NO4/c1-12(2,17)14(13(3,4)18)10-7-5-9(6-8-10)11(15)16/h5-8,17-18H,1-4H3,(H,15,16). The summed E-state index contributed by atoms with van der Waals surface area (Å²) >= 11 is 0. The van der Waals surface area contributed by atoms with E-state index in [2.05, 4.69) is 0 Å². The van der Waals surface area contributed by atoms with Crippen LogP contribution in [0.4, 0.5) is 5.69 Å². The molecular formula is C13H19NO4. The maximum Gasteiger partial charge on any atom is 0.335 e. The van der Waals surface area contributed by atoms with Gasteiger partial charge >= 0.3 is 5.97 Å². The normalized spacial score (nSPS) is 12.3. The van der Waals surface area contributed by atoms with Crippen LogP contribution in [-0.4, -0.2) is 32.7 Å². The molecule has 1 aromatic rings. The summed E-state index contributed by atoms with van der Waals surface area (Å²) in [6.45, 7) is 6.21. The molecule has 0 fully saturated rings. The van der Waals surface area contributed by atoms with Gasteiger partial charge in [-0.2, -0.15) is 0 Å². The van der Waals surface area contributed by atoms with Gasteiger partial charge in [-0.3, -0.25) is 0 Å². The highest BCUT2D eigenvalue weighted by atomic mass is 16.4. The molecule has 0 radical (unpaired) electrons. The number of carboxylic acid groups (broad SMARTS) is 1. The molecule has 1 rings (SSSR count). The second-order valence-electron chi connectivity index (χ2n) is 5.18. The highest BCUT2D eigenvalue weighted by molar-refractivity contribution is 5.88. The average molecular weight is 253 g/mol. The smallest absolute Gasteiger partial charge is 0.335 e. The molecule has 1 aromatic carbocycles. The fraction of sp³-hybridized carbons (Fsp3) is 0.462. The Morgan fingerprint density at radius 3 is 1.67 bits per heavy atom. The van der Waals surface area contributed by atoms with Gasteiger partial charge < -0.3 is 20.2 Å². The minimum atomic E-state index is -1.27. The van der Waals surface area contributed by atoms with E-state index in [1.54, 1.807) is 39.8 Å². The summed E-state index contributed by atoms with van der Waals surface area (Å²) in [7, 11) is 0. The van der Waals surface area contributed by atoms with Gasteiger partial charge in [-0.05, 0) is 52.0 Å². The predicted octanol–water partition coefficient (Wildman–Crippen LogP) is 1.65.